The Balaban J connectivity index is 1.77. The maximum Gasteiger partial charge on any atom is 0.229 e. The lowest BCUT2D eigenvalue weighted by Gasteiger charge is -2.09. The second-order valence-corrected chi connectivity index (χ2v) is 4.61. The van der Waals surface area contributed by atoms with Gasteiger partial charge in [0, 0.05) is 30.2 Å². The first kappa shape index (κ1) is 11.6. The molecular weight excluding hydrogens is 242 g/mol. The molecular formula is C14H13N3O2. The summed E-state index contributed by atoms with van der Waals surface area (Å²) >= 11 is 0. The molecule has 96 valence electrons. The van der Waals surface area contributed by atoms with E-state index in [0.29, 0.717) is 6.54 Å². The largest absolute Gasteiger partial charge is 0.355 e. The lowest BCUT2D eigenvalue weighted by molar-refractivity contribution is -0.123. The van der Waals surface area contributed by atoms with Gasteiger partial charge in [-0.15, -0.1) is 0 Å². The van der Waals surface area contributed by atoms with Gasteiger partial charge < -0.3 is 10.6 Å². The van der Waals surface area contributed by atoms with Crippen LogP contribution in [-0.4, -0.2) is 23.3 Å². The number of rotatable bonds is 2. The smallest absolute Gasteiger partial charge is 0.229 e. The van der Waals surface area contributed by atoms with Gasteiger partial charge in [0.05, 0.1) is 11.4 Å². The van der Waals surface area contributed by atoms with E-state index in [1.807, 2.05) is 30.3 Å². The molecule has 2 heterocycles. The van der Waals surface area contributed by atoms with E-state index in [9.17, 15) is 9.59 Å². The third kappa shape index (κ3) is 2.40. The van der Waals surface area contributed by atoms with E-state index in [2.05, 4.69) is 15.6 Å². The minimum absolute atomic E-state index is 0.0668. The van der Waals surface area contributed by atoms with Gasteiger partial charge in [-0.05, 0) is 24.3 Å². The number of fused-ring (bicyclic) bond motifs is 1. The standard InChI is InChI=1S/C14H13N3O2/c18-13-7-10(8-16-13)14(19)17-11-3-4-12-9(6-11)2-1-5-15-12/h1-6,10H,7-8H2,(H,16,18)(H,17,19). The molecule has 2 aromatic rings. The van der Waals surface area contributed by atoms with E-state index in [4.69, 9.17) is 0 Å². The lowest BCUT2D eigenvalue weighted by Crippen LogP contribution is -2.24. The average molecular weight is 255 g/mol. The average Bonchev–Trinajstić information content (AvgIpc) is 2.85. The van der Waals surface area contributed by atoms with E-state index in [-0.39, 0.29) is 24.2 Å². The number of hydrogen-bond donors (Lipinski definition) is 2. The summed E-state index contributed by atoms with van der Waals surface area (Å²) in [5, 5.41) is 6.47. The van der Waals surface area contributed by atoms with Crippen LogP contribution in [-0.2, 0) is 9.59 Å². The number of benzene rings is 1. The molecule has 0 radical (unpaired) electrons. The van der Waals surface area contributed by atoms with Crippen LogP contribution >= 0.6 is 0 Å². The number of hydrogen-bond acceptors (Lipinski definition) is 3. The van der Waals surface area contributed by atoms with Crippen molar-refractivity contribution in [1.82, 2.24) is 10.3 Å². The molecule has 2 N–H and O–H groups in total. The van der Waals surface area contributed by atoms with Gasteiger partial charge in [-0.1, -0.05) is 6.07 Å². The van der Waals surface area contributed by atoms with Crippen LogP contribution in [0.2, 0.25) is 0 Å². The molecule has 19 heavy (non-hydrogen) atoms. The fourth-order valence-electron chi connectivity index (χ4n) is 2.19. The molecule has 1 aliphatic heterocycles. The Kier molecular flexibility index (Phi) is 2.87. The Hall–Kier alpha value is -2.43. The van der Waals surface area contributed by atoms with Gasteiger partial charge in [-0.2, -0.15) is 0 Å². The summed E-state index contributed by atoms with van der Waals surface area (Å²) in [4.78, 5) is 27.3. The zero-order chi connectivity index (χ0) is 13.2. The SMILES string of the molecule is O=C1CC(C(=O)Nc2ccc3ncccc3c2)CN1. The Morgan fingerprint density at radius 1 is 1.37 bits per heavy atom. The van der Waals surface area contributed by atoms with E-state index in [1.54, 1.807) is 6.20 Å². The van der Waals surface area contributed by atoms with Crippen molar-refractivity contribution in [1.29, 1.82) is 0 Å². The van der Waals surface area contributed by atoms with Gasteiger partial charge in [0.1, 0.15) is 0 Å². The topological polar surface area (TPSA) is 71.1 Å². The number of carbonyl (C=O) groups excluding carboxylic acids is 2. The number of aromatic nitrogens is 1. The summed E-state index contributed by atoms with van der Waals surface area (Å²) in [6.07, 6.45) is 2.00. The maximum atomic E-state index is 12.0. The summed E-state index contributed by atoms with van der Waals surface area (Å²) in [5.41, 5.74) is 1.61. The molecule has 1 saturated heterocycles. The number of amides is 2. The fourth-order valence-corrected chi connectivity index (χ4v) is 2.19. The van der Waals surface area contributed by atoms with Crippen molar-refractivity contribution in [3.63, 3.8) is 0 Å². The van der Waals surface area contributed by atoms with Gasteiger partial charge in [0.15, 0.2) is 0 Å². The molecule has 0 spiro atoms. The van der Waals surface area contributed by atoms with Crippen LogP contribution in [0.1, 0.15) is 6.42 Å². The van der Waals surface area contributed by atoms with Crippen LogP contribution in [0.3, 0.4) is 0 Å². The van der Waals surface area contributed by atoms with Gasteiger partial charge in [0.25, 0.3) is 0 Å². The van der Waals surface area contributed by atoms with Crippen molar-refractivity contribution in [2.24, 2.45) is 5.92 Å². The zero-order valence-electron chi connectivity index (χ0n) is 10.2. The summed E-state index contributed by atoms with van der Waals surface area (Å²) in [6, 6.07) is 9.36. The molecule has 1 unspecified atom stereocenters. The monoisotopic (exact) mass is 255 g/mol. The molecule has 2 amide bonds. The molecule has 1 aliphatic rings. The van der Waals surface area contributed by atoms with Crippen molar-refractivity contribution >= 4 is 28.4 Å². The van der Waals surface area contributed by atoms with Crippen molar-refractivity contribution in [2.45, 2.75) is 6.42 Å². The molecule has 1 fully saturated rings. The number of carbonyl (C=O) groups is 2. The molecule has 0 bridgehead atoms. The molecule has 5 heteroatoms. The first-order valence-corrected chi connectivity index (χ1v) is 6.15. The highest BCUT2D eigenvalue weighted by atomic mass is 16.2. The zero-order valence-corrected chi connectivity index (χ0v) is 10.2. The third-order valence-corrected chi connectivity index (χ3v) is 3.22. The first-order chi connectivity index (χ1) is 9.22. The van der Waals surface area contributed by atoms with E-state index in [0.717, 1.165) is 16.6 Å². The van der Waals surface area contributed by atoms with Gasteiger partial charge in [-0.3, -0.25) is 14.6 Å². The summed E-state index contributed by atoms with van der Waals surface area (Å²) in [5.74, 6) is -0.471. The molecule has 0 saturated carbocycles. The number of pyridine rings is 1. The second kappa shape index (κ2) is 4.68. The Bertz CT molecular complexity index is 654. The fraction of sp³-hybridized carbons (Fsp3) is 0.214. The summed E-state index contributed by atoms with van der Waals surface area (Å²) < 4.78 is 0. The highest BCUT2D eigenvalue weighted by molar-refractivity contribution is 5.98. The highest BCUT2D eigenvalue weighted by Gasteiger charge is 2.27. The minimum atomic E-state index is -0.280. The van der Waals surface area contributed by atoms with Crippen LogP contribution in [0.4, 0.5) is 5.69 Å². The van der Waals surface area contributed by atoms with Crippen molar-refractivity contribution in [3.05, 3.63) is 36.5 Å². The normalized spacial score (nSPS) is 18.3. The van der Waals surface area contributed by atoms with E-state index >= 15 is 0 Å². The molecule has 0 aliphatic carbocycles. The number of nitrogens with zero attached hydrogens (tertiary/aromatic N) is 1. The maximum absolute atomic E-state index is 12.0. The lowest BCUT2D eigenvalue weighted by atomic mass is 10.1. The van der Waals surface area contributed by atoms with Crippen LogP contribution in [0.25, 0.3) is 10.9 Å². The Morgan fingerprint density at radius 3 is 3.05 bits per heavy atom. The third-order valence-electron chi connectivity index (χ3n) is 3.22. The van der Waals surface area contributed by atoms with Crippen molar-refractivity contribution < 1.29 is 9.59 Å². The van der Waals surface area contributed by atoms with Crippen LogP contribution in [0.15, 0.2) is 36.5 Å². The molecule has 1 aromatic carbocycles. The van der Waals surface area contributed by atoms with E-state index in [1.165, 1.54) is 0 Å². The van der Waals surface area contributed by atoms with Crippen molar-refractivity contribution in [2.75, 3.05) is 11.9 Å². The predicted molar refractivity (Wildman–Crippen MR) is 71.5 cm³/mol. The van der Waals surface area contributed by atoms with Gasteiger partial charge in [0.2, 0.25) is 11.8 Å². The summed E-state index contributed by atoms with van der Waals surface area (Å²) in [7, 11) is 0. The second-order valence-electron chi connectivity index (χ2n) is 4.61. The summed E-state index contributed by atoms with van der Waals surface area (Å²) in [6.45, 7) is 0.416. The molecule has 5 nitrogen and oxygen atoms in total. The number of nitrogens with one attached hydrogen (secondary N) is 2. The highest BCUT2D eigenvalue weighted by Crippen LogP contribution is 2.18. The Morgan fingerprint density at radius 2 is 2.26 bits per heavy atom. The molecule has 1 aromatic heterocycles. The van der Waals surface area contributed by atoms with Crippen LogP contribution in [0.5, 0.6) is 0 Å². The van der Waals surface area contributed by atoms with Gasteiger partial charge >= 0.3 is 0 Å². The number of anilines is 1. The Labute approximate surface area is 110 Å². The molecule has 1 atom stereocenters. The predicted octanol–water partition coefficient (Wildman–Crippen LogP) is 1.31. The van der Waals surface area contributed by atoms with Gasteiger partial charge in [-0.25, -0.2) is 0 Å². The van der Waals surface area contributed by atoms with E-state index < -0.39 is 0 Å². The quantitative estimate of drug-likeness (QED) is 0.850. The van der Waals surface area contributed by atoms with Crippen molar-refractivity contribution in [3.8, 4) is 0 Å². The van der Waals surface area contributed by atoms with Crippen LogP contribution in [0, 0.1) is 5.92 Å². The molecule has 3 rings (SSSR count). The first-order valence-electron chi connectivity index (χ1n) is 6.15. The van der Waals surface area contributed by atoms with Crippen LogP contribution < -0.4 is 10.6 Å². The minimum Gasteiger partial charge on any atom is -0.355 e.